The highest BCUT2D eigenvalue weighted by Gasteiger charge is 2.21. The predicted molar refractivity (Wildman–Crippen MR) is 86.0 cm³/mol. The van der Waals surface area contributed by atoms with Gasteiger partial charge in [-0.15, -0.1) is 0 Å². The fourth-order valence-electron chi connectivity index (χ4n) is 2.58. The Morgan fingerprint density at radius 3 is 2.55 bits per heavy atom. The highest BCUT2D eigenvalue weighted by Crippen LogP contribution is 2.24. The van der Waals surface area contributed by atoms with E-state index < -0.39 is 5.60 Å². The minimum absolute atomic E-state index is 0.461. The minimum atomic E-state index is -0.675. The summed E-state index contributed by atoms with van der Waals surface area (Å²) in [6, 6.07) is 15.1. The molecule has 0 aromatic heterocycles. The number of nitrogens with one attached hydrogen (secondary N) is 1. The first-order valence-electron chi connectivity index (χ1n) is 7.40. The van der Waals surface area contributed by atoms with Gasteiger partial charge in [-0.25, -0.2) is 0 Å². The van der Waals surface area contributed by atoms with Crippen molar-refractivity contribution in [2.75, 3.05) is 6.54 Å². The Kier molecular flexibility index (Phi) is 4.79. The molecule has 0 amide bonds. The molecule has 0 bridgehead atoms. The van der Waals surface area contributed by atoms with E-state index in [2.05, 4.69) is 61.6 Å². The molecule has 1 unspecified atom stereocenters. The molecule has 0 fully saturated rings. The maximum atomic E-state index is 10.6. The van der Waals surface area contributed by atoms with Crippen LogP contribution in [0.4, 0.5) is 0 Å². The van der Waals surface area contributed by atoms with Gasteiger partial charge in [-0.3, -0.25) is 0 Å². The molecule has 108 valence electrons. The molecular formula is C18H25NO. The molecule has 1 atom stereocenters. The van der Waals surface area contributed by atoms with Crippen molar-refractivity contribution in [1.82, 2.24) is 5.32 Å². The number of hydrogen-bond donors (Lipinski definition) is 2. The SMILES string of the molecule is CC(C)NCCC(C)(O)Cc1cccc2ccccc12. The average molecular weight is 271 g/mol. The van der Waals surface area contributed by atoms with Crippen molar-refractivity contribution in [3.05, 3.63) is 48.0 Å². The zero-order valence-electron chi connectivity index (χ0n) is 12.7. The Morgan fingerprint density at radius 2 is 1.80 bits per heavy atom. The molecule has 2 heteroatoms. The zero-order chi connectivity index (χ0) is 14.6. The Bertz CT molecular complexity index is 555. The van der Waals surface area contributed by atoms with Gasteiger partial charge in [0.2, 0.25) is 0 Å². The molecule has 0 heterocycles. The second kappa shape index (κ2) is 6.38. The van der Waals surface area contributed by atoms with Crippen LogP contribution in [0.1, 0.15) is 32.8 Å². The lowest BCUT2D eigenvalue weighted by Gasteiger charge is -2.25. The van der Waals surface area contributed by atoms with Crippen molar-refractivity contribution in [2.24, 2.45) is 0 Å². The van der Waals surface area contributed by atoms with Crippen molar-refractivity contribution in [3.63, 3.8) is 0 Å². The van der Waals surface area contributed by atoms with Crippen molar-refractivity contribution >= 4 is 10.8 Å². The molecule has 0 saturated heterocycles. The first-order chi connectivity index (χ1) is 9.48. The monoisotopic (exact) mass is 271 g/mol. The summed E-state index contributed by atoms with van der Waals surface area (Å²) in [5.74, 6) is 0. The van der Waals surface area contributed by atoms with Crippen LogP contribution in [0, 0.1) is 0 Å². The zero-order valence-corrected chi connectivity index (χ0v) is 12.7. The fraction of sp³-hybridized carbons (Fsp3) is 0.444. The smallest absolute Gasteiger partial charge is 0.0672 e. The van der Waals surface area contributed by atoms with Crippen molar-refractivity contribution in [2.45, 2.75) is 45.3 Å². The van der Waals surface area contributed by atoms with Gasteiger partial charge in [-0.1, -0.05) is 56.3 Å². The molecular weight excluding hydrogens is 246 g/mol. The molecule has 0 saturated carbocycles. The summed E-state index contributed by atoms with van der Waals surface area (Å²) >= 11 is 0. The summed E-state index contributed by atoms with van der Waals surface area (Å²) in [6.45, 7) is 7.02. The average Bonchev–Trinajstić information content (AvgIpc) is 2.38. The van der Waals surface area contributed by atoms with Crippen LogP contribution in [0.5, 0.6) is 0 Å². The van der Waals surface area contributed by atoms with Crippen LogP contribution < -0.4 is 5.32 Å². The number of rotatable bonds is 6. The standard InChI is InChI=1S/C18H25NO/c1-14(2)19-12-11-18(3,20)13-16-9-6-8-15-7-4-5-10-17(15)16/h4-10,14,19-20H,11-13H2,1-3H3. The molecule has 2 aromatic rings. The largest absolute Gasteiger partial charge is 0.390 e. The second-order valence-corrected chi connectivity index (χ2v) is 6.17. The van der Waals surface area contributed by atoms with E-state index in [1.165, 1.54) is 16.3 Å². The van der Waals surface area contributed by atoms with E-state index in [9.17, 15) is 5.11 Å². The summed E-state index contributed by atoms with van der Waals surface area (Å²) in [4.78, 5) is 0. The maximum absolute atomic E-state index is 10.6. The van der Waals surface area contributed by atoms with Crippen LogP contribution in [0.15, 0.2) is 42.5 Å². The lowest BCUT2D eigenvalue weighted by molar-refractivity contribution is 0.0514. The highest BCUT2D eigenvalue weighted by atomic mass is 16.3. The van der Waals surface area contributed by atoms with Gasteiger partial charge < -0.3 is 10.4 Å². The van der Waals surface area contributed by atoms with Crippen LogP contribution in [-0.4, -0.2) is 23.3 Å². The van der Waals surface area contributed by atoms with Crippen LogP contribution in [0.2, 0.25) is 0 Å². The molecule has 0 aliphatic heterocycles. The topological polar surface area (TPSA) is 32.3 Å². The lowest BCUT2D eigenvalue weighted by atomic mass is 9.90. The number of fused-ring (bicyclic) bond motifs is 1. The molecule has 20 heavy (non-hydrogen) atoms. The minimum Gasteiger partial charge on any atom is -0.390 e. The number of aliphatic hydroxyl groups is 1. The van der Waals surface area contributed by atoms with Gasteiger partial charge >= 0.3 is 0 Å². The highest BCUT2D eigenvalue weighted by molar-refractivity contribution is 5.85. The summed E-state index contributed by atoms with van der Waals surface area (Å²) in [6.07, 6.45) is 1.45. The first kappa shape index (κ1) is 15.0. The molecule has 0 aliphatic rings. The lowest BCUT2D eigenvalue weighted by Crippen LogP contribution is -2.34. The van der Waals surface area contributed by atoms with Gasteiger partial charge in [0.05, 0.1) is 5.60 Å². The van der Waals surface area contributed by atoms with Gasteiger partial charge in [-0.05, 0) is 36.2 Å². The fourth-order valence-corrected chi connectivity index (χ4v) is 2.58. The van der Waals surface area contributed by atoms with E-state index in [0.717, 1.165) is 13.0 Å². The third kappa shape index (κ3) is 4.06. The van der Waals surface area contributed by atoms with Crippen LogP contribution in [0.3, 0.4) is 0 Å². The van der Waals surface area contributed by atoms with Gasteiger partial charge in [-0.2, -0.15) is 0 Å². The number of hydrogen-bond acceptors (Lipinski definition) is 2. The van der Waals surface area contributed by atoms with Crippen molar-refractivity contribution in [1.29, 1.82) is 0 Å². The Hall–Kier alpha value is -1.38. The number of benzene rings is 2. The Balaban J connectivity index is 2.10. The third-order valence-electron chi connectivity index (χ3n) is 3.67. The van der Waals surface area contributed by atoms with Gasteiger partial charge in [0, 0.05) is 12.5 Å². The van der Waals surface area contributed by atoms with E-state index >= 15 is 0 Å². The van der Waals surface area contributed by atoms with E-state index in [4.69, 9.17) is 0 Å². The third-order valence-corrected chi connectivity index (χ3v) is 3.67. The van der Waals surface area contributed by atoms with Gasteiger partial charge in [0.1, 0.15) is 0 Å². The molecule has 0 radical (unpaired) electrons. The molecule has 2 rings (SSSR count). The molecule has 2 aromatic carbocycles. The summed E-state index contributed by atoms with van der Waals surface area (Å²) in [7, 11) is 0. The van der Waals surface area contributed by atoms with E-state index in [0.29, 0.717) is 12.5 Å². The Morgan fingerprint density at radius 1 is 1.10 bits per heavy atom. The molecule has 2 nitrogen and oxygen atoms in total. The van der Waals surface area contributed by atoms with Gasteiger partial charge in [0.15, 0.2) is 0 Å². The van der Waals surface area contributed by atoms with Gasteiger partial charge in [0.25, 0.3) is 0 Å². The molecule has 0 aliphatic carbocycles. The van der Waals surface area contributed by atoms with Crippen LogP contribution in [-0.2, 0) is 6.42 Å². The van der Waals surface area contributed by atoms with E-state index in [-0.39, 0.29) is 0 Å². The summed E-state index contributed by atoms with van der Waals surface area (Å²) in [5.41, 5.74) is 0.545. The summed E-state index contributed by atoms with van der Waals surface area (Å²) in [5, 5.41) is 16.4. The van der Waals surface area contributed by atoms with Crippen molar-refractivity contribution in [3.8, 4) is 0 Å². The first-order valence-corrected chi connectivity index (χ1v) is 7.40. The van der Waals surface area contributed by atoms with Crippen LogP contribution in [0.25, 0.3) is 10.8 Å². The normalized spacial score (nSPS) is 14.7. The van der Waals surface area contributed by atoms with E-state index in [1.54, 1.807) is 0 Å². The predicted octanol–water partition coefficient (Wildman–Crippen LogP) is 3.52. The van der Waals surface area contributed by atoms with Crippen LogP contribution >= 0.6 is 0 Å². The molecule has 2 N–H and O–H groups in total. The second-order valence-electron chi connectivity index (χ2n) is 6.17. The molecule has 0 spiro atoms. The maximum Gasteiger partial charge on any atom is 0.0672 e. The quantitative estimate of drug-likeness (QED) is 0.842. The Labute approximate surface area is 121 Å². The van der Waals surface area contributed by atoms with Crippen molar-refractivity contribution < 1.29 is 5.11 Å². The summed E-state index contributed by atoms with van der Waals surface area (Å²) < 4.78 is 0. The van der Waals surface area contributed by atoms with E-state index in [1.807, 2.05) is 6.92 Å².